The SMILES string of the molecule is c1cncc(CN2CCC[C@H](c3nccnc3Oc3cccnc3)C2)c1. The quantitative estimate of drug-likeness (QED) is 0.704. The maximum Gasteiger partial charge on any atom is 0.241 e. The molecule has 0 amide bonds. The number of hydrogen-bond acceptors (Lipinski definition) is 6. The summed E-state index contributed by atoms with van der Waals surface area (Å²) in [7, 11) is 0. The van der Waals surface area contributed by atoms with E-state index in [1.165, 1.54) is 5.56 Å². The fourth-order valence-corrected chi connectivity index (χ4v) is 3.39. The van der Waals surface area contributed by atoms with Gasteiger partial charge in [0.15, 0.2) is 0 Å². The zero-order chi connectivity index (χ0) is 17.6. The molecular weight excluding hydrogens is 326 g/mol. The van der Waals surface area contributed by atoms with Crippen LogP contribution in [-0.2, 0) is 6.54 Å². The molecule has 0 radical (unpaired) electrons. The van der Waals surface area contributed by atoms with Crippen LogP contribution in [0.3, 0.4) is 0 Å². The summed E-state index contributed by atoms with van der Waals surface area (Å²) in [6, 6.07) is 7.83. The first-order chi connectivity index (χ1) is 12.9. The molecule has 0 unspecified atom stereocenters. The standard InChI is InChI=1S/C20H21N5O/c1-4-16(12-21-7-1)14-25-11-3-5-17(15-25)19-20(24-10-9-23-19)26-18-6-2-8-22-13-18/h1-2,4,6-10,12-13,17H,3,5,11,14-15H2/t17-/m0/s1. The summed E-state index contributed by atoms with van der Waals surface area (Å²) >= 11 is 0. The summed E-state index contributed by atoms with van der Waals surface area (Å²) in [5, 5.41) is 0. The minimum atomic E-state index is 0.306. The number of pyridine rings is 2. The molecule has 4 heterocycles. The first-order valence-corrected chi connectivity index (χ1v) is 8.88. The molecule has 26 heavy (non-hydrogen) atoms. The van der Waals surface area contributed by atoms with Crippen molar-refractivity contribution in [2.45, 2.75) is 25.3 Å². The Balaban J connectivity index is 1.50. The molecule has 132 valence electrons. The molecule has 4 rings (SSSR count). The first-order valence-electron chi connectivity index (χ1n) is 8.88. The topological polar surface area (TPSA) is 64.0 Å². The monoisotopic (exact) mass is 347 g/mol. The molecule has 0 aromatic carbocycles. The Hall–Kier alpha value is -2.86. The van der Waals surface area contributed by atoms with Crippen molar-refractivity contribution in [3.05, 3.63) is 72.7 Å². The largest absolute Gasteiger partial charge is 0.436 e. The summed E-state index contributed by atoms with van der Waals surface area (Å²) in [6.07, 6.45) is 12.8. The molecule has 1 saturated heterocycles. The number of ether oxygens (including phenoxy) is 1. The third kappa shape index (κ3) is 4.03. The molecule has 1 aliphatic heterocycles. The lowest BCUT2D eigenvalue weighted by Gasteiger charge is -2.32. The lowest BCUT2D eigenvalue weighted by Crippen LogP contribution is -2.34. The van der Waals surface area contributed by atoms with Gasteiger partial charge in [-0.05, 0) is 43.1 Å². The van der Waals surface area contributed by atoms with Gasteiger partial charge in [-0.15, -0.1) is 0 Å². The van der Waals surface area contributed by atoms with Crippen molar-refractivity contribution in [2.24, 2.45) is 0 Å². The van der Waals surface area contributed by atoms with Gasteiger partial charge in [-0.2, -0.15) is 0 Å². The van der Waals surface area contributed by atoms with Gasteiger partial charge in [0.1, 0.15) is 11.4 Å². The van der Waals surface area contributed by atoms with E-state index < -0.39 is 0 Å². The van der Waals surface area contributed by atoms with Gasteiger partial charge in [0.25, 0.3) is 0 Å². The minimum absolute atomic E-state index is 0.306. The third-order valence-corrected chi connectivity index (χ3v) is 4.56. The predicted octanol–water partition coefficient (Wildman–Crippen LogP) is 3.44. The van der Waals surface area contributed by atoms with Gasteiger partial charge in [-0.1, -0.05) is 6.07 Å². The van der Waals surface area contributed by atoms with Crippen molar-refractivity contribution in [3.63, 3.8) is 0 Å². The molecule has 3 aromatic heterocycles. The molecule has 1 atom stereocenters. The van der Waals surface area contributed by atoms with E-state index in [-0.39, 0.29) is 0 Å². The Morgan fingerprint density at radius 3 is 2.65 bits per heavy atom. The van der Waals surface area contributed by atoms with Crippen LogP contribution in [0.2, 0.25) is 0 Å². The van der Waals surface area contributed by atoms with Crippen molar-refractivity contribution < 1.29 is 4.74 Å². The van der Waals surface area contributed by atoms with Crippen molar-refractivity contribution >= 4 is 0 Å². The molecule has 0 saturated carbocycles. The van der Waals surface area contributed by atoms with Gasteiger partial charge >= 0.3 is 0 Å². The van der Waals surface area contributed by atoms with Crippen molar-refractivity contribution in [1.82, 2.24) is 24.8 Å². The van der Waals surface area contributed by atoms with Crippen LogP contribution in [0.4, 0.5) is 0 Å². The summed E-state index contributed by atoms with van der Waals surface area (Å²) in [6.45, 7) is 2.94. The van der Waals surface area contributed by atoms with E-state index in [4.69, 9.17) is 4.74 Å². The highest BCUT2D eigenvalue weighted by Crippen LogP contribution is 2.32. The number of rotatable bonds is 5. The Kier molecular flexibility index (Phi) is 5.12. The van der Waals surface area contributed by atoms with Crippen LogP contribution < -0.4 is 4.74 Å². The molecule has 6 nitrogen and oxygen atoms in total. The van der Waals surface area contributed by atoms with Crippen LogP contribution in [0.25, 0.3) is 0 Å². The fraction of sp³-hybridized carbons (Fsp3) is 0.300. The molecular formula is C20H21N5O. The second kappa shape index (κ2) is 8.01. The maximum absolute atomic E-state index is 5.95. The number of nitrogens with zero attached hydrogens (tertiary/aromatic N) is 5. The van der Waals surface area contributed by atoms with Crippen LogP contribution in [0.15, 0.2) is 61.4 Å². The Labute approximate surface area is 152 Å². The molecule has 6 heteroatoms. The molecule has 3 aromatic rings. The molecule has 1 aliphatic rings. The van der Waals surface area contributed by atoms with Crippen LogP contribution >= 0.6 is 0 Å². The van der Waals surface area contributed by atoms with Crippen molar-refractivity contribution in [1.29, 1.82) is 0 Å². The van der Waals surface area contributed by atoms with Gasteiger partial charge in [-0.3, -0.25) is 19.9 Å². The lowest BCUT2D eigenvalue weighted by atomic mass is 9.94. The number of hydrogen-bond donors (Lipinski definition) is 0. The Bertz CT molecular complexity index is 828. The zero-order valence-electron chi connectivity index (χ0n) is 14.5. The molecule has 0 bridgehead atoms. The van der Waals surface area contributed by atoms with E-state index >= 15 is 0 Å². The molecule has 0 aliphatic carbocycles. The average Bonchev–Trinajstić information content (AvgIpc) is 2.70. The van der Waals surface area contributed by atoms with E-state index in [0.717, 1.165) is 38.2 Å². The van der Waals surface area contributed by atoms with E-state index in [2.05, 4.69) is 30.9 Å². The normalized spacial score (nSPS) is 17.8. The fourth-order valence-electron chi connectivity index (χ4n) is 3.39. The highest BCUT2D eigenvalue weighted by molar-refractivity contribution is 5.29. The zero-order valence-corrected chi connectivity index (χ0v) is 14.5. The van der Waals surface area contributed by atoms with Crippen LogP contribution in [0, 0.1) is 0 Å². The number of likely N-dealkylation sites (tertiary alicyclic amines) is 1. The predicted molar refractivity (Wildman–Crippen MR) is 97.8 cm³/mol. The van der Waals surface area contributed by atoms with Gasteiger partial charge in [0.2, 0.25) is 5.88 Å². The average molecular weight is 347 g/mol. The smallest absolute Gasteiger partial charge is 0.241 e. The van der Waals surface area contributed by atoms with E-state index in [1.807, 2.05) is 30.6 Å². The highest BCUT2D eigenvalue weighted by Gasteiger charge is 2.26. The van der Waals surface area contributed by atoms with Gasteiger partial charge < -0.3 is 4.74 Å². The van der Waals surface area contributed by atoms with Gasteiger partial charge in [-0.25, -0.2) is 4.98 Å². The molecule has 0 spiro atoms. The van der Waals surface area contributed by atoms with E-state index in [0.29, 0.717) is 17.5 Å². The van der Waals surface area contributed by atoms with E-state index in [1.54, 1.807) is 24.8 Å². The van der Waals surface area contributed by atoms with E-state index in [9.17, 15) is 0 Å². The lowest BCUT2D eigenvalue weighted by molar-refractivity contribution is 0.196. The maximum atomic E-state index is 5.95. The Morgan fingerprint density at radius 1 is 1.00 bits per heavy atom. The highest BCUT2D eigenvalue weighted by atomic mass is 16.5. The third-order valence-electron chi connectivity index (χ3n) is 4.56. The van der Waals surface area contributed by atoms with Gasteiger partial charge in [0, 0.05) is 50.0 Å². The number of piperidine rings is 1. The van der Waals surface area contributed by atoms with Crippen LogP contribution in [0.5, 0.6) is 11.6 Å². The Morgan fingerprint density at radius 2 is 1.85 bits per heavy atom. The van der Waals surface area contributed by atoms with Crippen LogP contribution in [-0.4, -0.2) is 37.9 Å². The summed E-state index contributed by atoms with van der Waals surface area (Å²) in [4.78, 5) is 19.8. The first kappa shape index (κ1) is 16.6. The second-order valence-corrected chi connectivity index (χ2v) is 6.47. The van der Waals surface area contributed by atoms with Gasteiger partial charge in [0.05, 0.1) is 6.20 Å². The number of aromatic nitrogens is 4. The van der Waals surface area contributed by atoms with Crippen molar-refractivity contribution in [2.75, 3.05) is 13.1 Å². The summed E-state index contributed by atoms with van der Waals surface area (Å²) < 4.78 is 5.95. The molecule has 0 N–H and O–H groups in total. The summed E-state index contributed by atoms with van der Waals surface area (Å²) in [5.74, 6) is 1.56. The second-order valence-electron chi connectivity index (χ2n) is 6.47. The molecule has 1 fully saturated rings. The summed E-state index contributed by atoms with van der Waals surface area (Å²) in [5.41, 5.74) is 2.16. The minimum Gasteiger partial charge on any atom is -0.436 e. The van der Waals surface area contributed by atoms with Crippen molar-refractivity contribution in [3.8, 4) is 11.6 Å². The van der Waals surface area contributed by atoms with Crippen LogP contribution in [0.1, 0.15) is 30.0 Å².